The van der Waals surface area contributed by atoms with Gasteiger partial charge in [-0.2, -0.15) is 0 Å². The summed E-state index contributed by atoms with van der Waals surface area (Å²) in [4.78, 5) is 0. The van der Waals surface area contributed by atoms with Gasteiger partial charge in [-0.25, -0.2) is 4.39 Å². The van der Waals surface area contributed by atoms with Crippen LogP contribution in [0.2, 0.25) is 0 Å². The summed E-state index contributed by atoms with van der Waals surface area (Å²) >= 11 is 0. The van der Waals surface area contributed by atoms with Crippen molar-refractivity contribution in [3.63, 3.8) is 0 Å². The number of methoxy groups -OCH3 is 1. The third-order valence-electron chi connectivity index (χ3n) is 2.92. The van der Waals surface area contributed by atoms with Gasteiger partial charge in [-0.05, 0) is 31.4 Å². The Morgan fingerprint density at radius 3 is 2.95 bits per heavy atom. The summed E-state index contributed by atoms with van der Waals surface area (Å²) in [5.74, 6) is 0.0698. The zero-order chi connectivity index (χ0) is 13.5. The maximum Gasteiger partial charge on any atom is 0.197 e. The average Bonchev–Trinajstić information content (AvgIpc) is 2.46. The van der Waals surface area contributed by atoms with Gasteiger partial charge in [-0.1, -0.05) is 6.07 Å². The molecular weight excluding hydrogens is 251 g/mol. The van der Waals surface area contributed by atoms with Gasteiger partial charge in [-0.3, -0.25) is 0 Å². The van der Waals surface area contributed by atoms with Crippen LogP contribution in [0.4, 0.5) is 4.39 Å². The van der Waals surface area contributed by atoms with E-state index in [1.165, 1.54) is 13.2 Å². The summed E-state index contributed by atoms with van der Waals surface area (Å²) in [6.45, 7) is 1.37. The van der Waals surface area contributed by atoms with Gasteiger partial charge < -0.3 is 18.9 Å². The third-order valence-corrected chi connectivity index (χ3v) is 2.92. The first-order valence-corrected chi connectivity index (χ1v) is 6.50. The number of hydrogen-bond donors (Lipinski definition) is 0. The normalized spacial score (nSPS) is 19.2. The molecule has 1 unspecified atom stereocenters. The van der Waals surface area contributed by atoms with E-state index < -0.39 is 5.82 Å². The lowest BCUT2D eigenvalue weighted by molar-refractivity contribution is -0.165. The Hall–Kier alpha value is -1.33. The Morgan fingerprint density at radius 2 is 2.21 bits per heavy atom. The molecule has 4 nitrogen and oxygen atoms in total. The molecule has 0 aromatic heterocycles. The molecule has 1 heterocycles. The number of para-hydroxylation sites is 1. The van der Waals surface area contributed by atoms with Gasteiger partial charge in [0.15, 0.2) is 23.6 Å². The van der Waals surface area contributed by atoms with Gasteiger partial charge in [0.05, 0.1) is 13.7 Å². The lowest BCUT2D eigenvalue weighted by Gasteiger charge is -2.22. The van der Waals surface area contributed by atoms with Crippen molar-refractivity contribution >= 4 is 0 Å². The molecule has 1 aromatic rings. The molecule has 1 aliphatic rings. The topological polar surface area (TPSA) is 36.9 Å². The fourth-order valence-electron chi connectivity index (χ4n) is 1.96. The lowest BCUT2D eigenvalue weighted by Crippen LogP contribution is -2.24. The van der Waals surface area contributed by atoms with Crippen LogP contribution in [0.5, 0.6) is 11.5 Å². The van der Waals surface area contributed by atoms with Crippen LogP contribution in [-0.4, -0.2) is 33.2 Å². The van der Waals surface area contributed by atoms with Crippen LogP contribution in [0.15, 0.2) is 18.2 Å². The molecule has 19 heavy (non-hydrogen) atoms. The highest BCUT2D eigenvalue weighted by molar-refractivity contribution is 5.40. The highest BCUT2D eigenvalue weighted by Crippen LogP contribution is 2.29. The van der Waals surface area contributed by atoms with Crippen LogP contribution in [0.1, 0.15) is 19.3 Å². The van der Waals surface area contributed by atoms with E-state index in [0.717, 1.165) is 25.9 Å². The molecule has 0 aliphatic carbocycles. The van der Waals surface area contributed by atoms with Crippen molar-refractivity contribution in [1.29, 1.82) is 0 Å². The van der Waals surface area contributed by atoms with Crippen molar-refractivity contribution in [3.8, 4) is 11.5 Å². The van der Waals surface area contributed by atoms with E-state index in [1.807, 2.05) is 0 Å². The molecule has 1 saturated heterocycles. The van der Waals surface area contributed by atoms with Crippen LogP contribution >= 0.6 is 0 Å². The molecule has 1 atom stereocenters. The molecule has 0 radical (unpaired) electrons. The lowest BCUT2D eigenvalue weighted by atomic mass is 10.2. The van der Waals surface area contributed by atoms with E-state index in [2.05, 4.69) is 0 Å². The van der Waals surface area contributed by atoms with Gasteiger partial charge >= 0.3 is 0 Å². The predicted molar refractivity (Wildman–Crippen MR) is 68.0 cm³/mol. The highest BCUT2D eigenvalue weighted by atomic mass is 19.1. The molecule has 0 spiro atoms. The zero-order valence-corrected chi connectivity index (χ0v) is 11.1. The predicted octanol–water partition coefficient (Wildman–Crippen LogP) is 2.76. The highest BCUT2D eigenvalue weighted by Gasteiger charge is 2.14. The van der Waals surface area contributed by atoms with E-state index >= 15 is 0 Å². The Kier molecular flexibility index (Phi) is 5.42. The number of ether oxygens (including phenoxy) is 4. The Bertz CT molecular complexity index is 391. The first-order valence-electron chi connectivity index (χ1n) is 6.50. The minimum absolute atomic E-state index is 0.123. The second kappa shape index (κ2) is 7.31. The van der Waals surface area contributed by atoms with Crippen LogP contribution in [0, 0.1) is 5.82 Å². The monoisotopic (exact) mass is 270 g/mol. The molecule has 1 aromatic carbocycles. The first kappa shape index (κ1) is 14.1. The maximum atomic E-state index is 13.5. The molecule has 0 N–H and O–H groups in total. The minimum Gasteiger partial charge on any atom is -0.493 e. The Morgan fingerprint density at radius 1 is 1.32 bits per heavy atom. The maximum absolute atomic E-state index is 13.5. The van der Waals surface area contributed by atoms with Gasteiger partial charge in [0.2, 0.25) is 0 Å². The summed E-state index contributed by atoms with van der Waals surface area (Å²) in [5, 5.41) is 0. The van der Waals surface area contributed by atoms with Crippen molar-refractivity contribution in [1.82, 2.24) is 0 Å². The molecule has 2 rings (SSSR count). The number of hydrogen-bond acceptors (Lipinski definition) is 4. The first-order chi connectivity index (χ1) is 9.31. The van der Waals surface area contributed by atoms with E-state index in [4.69, 9.17) is 18.9 Å². The van der Waals surface area contributed by atoms with E-state index in [-0.39, 0.29) is 18.6 Å². The molecule has 106 valence electrons. The van der Waals surface area contributed by atoms with Gasteiger partial charge in [0, 0.05) is 6.61 Å². The SMILES string of the molecule is COc1cccc(F)c1OCCOC1CCCCO1. The third kappa shape index (κ3) is 4.08. The molecule has 0 bridgehead atoms. The summed E-state index contributed by atoms with van der Waals surface area (Å²) in [6.07, 6.45) is 2.96. The summed E-state index contributed by atoms with van der Waals surface area (Å²) in [7, 11) is 1.48. The summed E-state index contributed by atoms with van der Waals surface area (Å²) < 4.78 is 34.9. The van der Waals surface area contributed by atoms with Gasteiger partial charge in [0.25, 0.3) is 0 Å². The van der Waals surface area contributed by atoms with Gasteiger partial charge in [-0.15, -0.1) is 0 Å². The zero-order valence-electron chi connectivity index (χ0n) is 11.1. The number of halogens is 1. The van der Waals surface area contributed by atoms with Crippen LogP contribution in [0.3, 0.4) is 0 Å². The second-order valence-electron chi connectivity index (χ2n) is 4.29. The molecule has 5 heteroatoms. The van der Waals surface area contributed by atoms with Crippen molar-refractivity contribution in [2.45, 2.75) is 25.6 Å². The summed E-state index contributed by atoms with van der Waals surface area (Å²) in [6, 6.07) is 4.57. The van der Waals surface area contributed by atoms with E-state index in [1.54, 1.807) is 12.1 Å². The minimum atomic E-state index is -0.437. The largest absolute Gasteiger partial charge is 0.493 e. The number of rotatable bonds is 6. The average molecular weight is 270 g/mol. The van der Waals surface area contributed by atoms with Crippen LogP contribution in [0.25, 0.3) is 0 Å². The van der Waals surface area contributed by atoms with Crippen LogP contribution < -0.4 is 9.47 Å². The van der Waals surface area contributed by atoms with E-state index in [0.29, 0.717) is 12.4 Å². The standard InChI is InChI=1S/C14H19FO4/c1-16-12-6-4-5-11(15)14(12)19-10-9-18-13-7-2-3-8-17-13/h4-6,13H,2-3,7-10H2,1H3. The Balaban J connectivity index is 1.76. The van der Waals surface area contributed by atoms with Crippen molar-refractivity contribution in [2.24, 2.45) is 0 Å². The summed E-state index contributed by atoms with van der Waals surface area (Å²) in [5.41, 5.74) is 0. The number of benzene rings is 1. The second-order valence-corrected chi connectivity index (χ2v) is 4.29. The fraction of sp³-hybridized carbons (Fsp3) is 0.571. The smallest absolute Gasteiger partial charge is 0.197 e. The quantitative estimate of drug-likeness (QED) is 0.745. The molecule has 0 saturated carbocycles. The Labute approximate surface area is 112 Å². The molecule has 1 fully saturated rings. The van der Waals surface area contributed by atoms with Gasteiger partial charge in [0.1, 0.15) is 6.61 Å². The van der Waals surface area contributed by atoms with Crippen molar-refractivity contribution in [2.75, 3.05) is 26.9 Å². The molecular formula is C14H19FO4. The van der Waals surface area contributed by atoms with E-state index in [9.17, 15) is 4.39 Å². The molecule has 0 amide bonds. The van der Waals surface area contributed by atoms with Crippen LogP contribution in [-0.2, 0) is 9.47 Å². The fourth-order valence-corrected chi connectivity index (χ4v) is 1.96. The molecule has 1 aliphatic heterocycles. The van der Waals surface area contributed by atoms with Crippen molar-refractivity contribution in [3.05, 3.63) is 24.0 Å². The van der Waals surface area contributed by atoms with Crippen molar-refractivity contribution < 1.29 is 23.3 Å².